The minimum atomic E-state index is -0.249. The largest absolute Gasteiger partial charge is 0.0861 e. The SMILES string of the molecule is CC(C)(C)C1=CC2=CC(C#CC3C=CC=C3)=C3C=C(C(C)(C)C)C=C4C=C(C#CC5C=CC=C5)C(=C1)C2(C)C43C. The first kappa shape index (κ1) is 26.5. The van der Waals surface area contributed by atoms with Gasteiger partial charge in [-0.1, -0.05) is 152 Å². The van der Waals surface area contributed by atoms with Gasteiger partial charge in [0.15, 0.2) is 0 Å². The van der Waals surface area contributed by atoms with Crippen molar-refractivity contribution in [2.45, 2.75) is 55.4 Å². The Morgan fingerprint density at radius 2 is 1.10 bits per heavy atom. The molecule has 0 fully saturated rings. The lowest BCUT2D eigenvalue weighted by molar-refractivity contribution is 0.242. The van der Waals surface area contributed by atoms with Gasteiger partial charge < -0.3 is 0 Å². The molecule has 0 nitrogen and oxygen atoms in total. The molecule has 2 unspecified atom stereocenters. The molecule has 6 aliphatic rings. The Hall–Kier alpha value is -3.74. The van der Waals surface area contributed by atoms with Crippen molar-refractivity contribution in [2.75, 3.05) is 0 Å². The van der Waals surface area contributed by atoms with Crippen LogP contribution in [0.5, 0.6) is 0 Å². The minimum absolute atomic E-state index is 0.0167. The topological polar surface area (TPSA) is 0 Å². The van der Waals surface area contributed by atoms with E-state index in [1.165, 1.54) is 33.4 Å². The highest BCUT2D eigenvalue weighted by atomic mass is 14.6. The third-order valence-electron chi connectivity index (χ3n) is 9.61. The average molecular weight is 521 g/mol. The van der Waals surface area contributed by atoms with Crippen molar-refractivity contribution in [2.24, 2.45) is 33.5 Å². The number of hydrogen-bond donors (Lipinski definition) is 0. The third kappa shape index (κ3) is 4.01. The Kier molecular flexibility index (Phi) is 5.88. The molecular formula is C40H40. The summed E-state index contributed by atoms with van der Waals surface area (Å²) in [5.74, 6) is 14.8. The molecule has 40 heavy (non-hydrogen) atoms. The fourth-order valence-electron chi connectivity index (χ4n) is 6.72. The second-order valence-corrected chi connectivity index (χ2v) is 14.2. The zero-order valence-corrected chi connectivity index (χ0v) is 25.2. The third-order valence-corrected chi connectivity index (χ3v) is 9.61. The lowest BCUT2D eigenvalue weighted by atomic mass is 9.44. The summed E-state index contributed by atoms with van der Waals surface area (Å²) in [5.41, 5.74) is 9.87. The summed E-state index contributed by atoms with van der Waals surface area (Å²) in [4.78, 5) is 0. The smallest absolute Gasteiger partial charge is 0.0573 e. The van der Waals surface area contributed by atoms with E-state index < -0.39 is 0 Å². The highest BCUT2D eigenvalue weighted by Crippen LogP contribution is 2.68. The maximum atomic E-state index is 3.66. The molecule has 0 radical (unpaired) electrons. The predicted molar refractivity (Wildman–Crippen MR) is 170 cm³/mol. The van der Waals surface area contributed by atoms with Gasteiger partial charge in [0.2, 0.25) is 0 Å². The van der Waals surface area contributed by atoms with Crippen LogP contribution in [0.3, 0.4) is 0 Å². The van der Waals surface area contributed by atoms with Crippen LogP contribution in [-0.4, -0.2) is 0 Å². The maximum absolute atomic E-state index is 3.66. The van der Waals surface area contributed by atoms with Crippen molar-refractivity contribution in [1.82, 2.24) is 0 Å². The van der Waals surface area contributed by atoms with Crippen molar-refractivity contribution in [3.05, 3.63) is 130 Å². The van der Waals surface area contributed by atoms with Gasteiger partial charge in [0.25, 0.3) is 0 Å². The maximum Gasteiger partial charge on any atom is 0.0573 e. The van der Waals surface area contributed by atoms with E-state index in [0.717, 1.165) is 11.1 Å². The van der Waals surface area contributed by atoms with Gasteiger partial charge >= 0.3 is 0 Å². The lowest BCUT2D eigenvalue weighted by Gasteiger charge is -2.58. The van der Waals surface area contributed by atoms with Crippen LogP contribution in [-0.2, 0) is 0 Å². The van der Waals surface area contributed by atoms with E-state index in [-0.39, 0.29) is 33.5 Å². The molecule has 0 aliphatic heterocycles. The van der Waals surface area contributed by atoms with Crippen LogP contribution in [0.15, 0.2) is 130 Å². The fourth-order valence-corrected chi connectivity index (χ4v) is 6.72. The minimum Gasteiger partial charge on any atom is -0.0861 e. The Morgan fingerprint density at radius 1 is 0.575 bits per heavy atom. The van der Waals surface area contributed by atoms with Crippen LogP contribution in [0.2, 0.25) is 0 Å². The first-order valence-electron chi connectivity index (χ1n) is 14.6. The highest BCUT2D eigenvalue weighted by Gasteiger charge is 2.59. The molecule has 6 rings (SSSR count). The highest BCUT2D eigenvalue weighted by molar-refractivity contribution is 5.76. The van der Waals surface area contributed by atoms with Gasteiger partial charge in [0.05, 0.1) is 11.8 Å². The molecule has 0 heterocycles. The normalized spacial score (nSPS) is 28.5. The molecule has 0 N–H and O–H groups in total. The van der Waals surface area contributed by atoms with E-state index in [2.05, 4.69) is 164 Å². The first-order chi connectivity index (χ1) is 18.8. The standard InChI is InChI=1S/C40H40/c1-37(2,3)31-23-33-21-30(20-18-28-15-11-12-16-28)36-26-32(38(4,5)6)24-34-22-29(19-17-27-13-9-10-14-27)35(25-31)39(33,7)40(34,36)8/h9-16,21-28H,1-8H3. The molecule has 0 aromatic rings. The zero-order chi connectivity index (χ0) is 28.5. The van der Waals surface area contributed by atoms with Gasteiger partial charge in [-0.15, -0.1) is 0 Å². The van der Waals surface area contributed by atoms with Crippen LogP contribution >= 0.6 is 0 Å². The van der Waals surface area contributed by atoms with Gasteiger partial charge in [-0.3, -0.25) is 0 Å². The van der Waals surface area contributed by atoms with Crippen molar-refractivity contribution in [3.8, 4) is 23.7 Å². The van der Waals surface area contributed by atoms with Gasteiger partial charge in [-0.25, -0.2) is 0 Å². The van der Waals surface area contributed by atoms with Gasteiger partial charge in [0.1, 0.15) is 0 Å². The Balaban J connectivity index is 1.66. The Morgan fingerprint density at radius 3 is 1.68 bits per heavy atom. The fraction of sp³-hybridized carbons (Fsp3) is 0.350. The number of hydrogen-bond acceptors (Lipinski definition) is 0. The van der Waals surface area contributed by atoms with E-state index >= 15 is 0 Å². The second kappa shape index (κ2) is 8.88. The van der Waals surface area contributed by atoms with Crippen LogP contribution < -0.4 is 0 Å². The predicted octanol–water partition coefficient (Wildman–Crippen LogP) is 9.49. The summed E-state index contributed by atoms with van der Waals surface area (Å²) in [6, 6.07) is 0. The summed E-state index contributed by atoms with van der Waals surface area (Å²) in [7, 11) is 0. The first-order valence-corrected chi connectivity index (χ1v) is 14.6. The van der Waals surface area contributed by atoms with Gasteiger partial charge in [-0.05, 0) is 56.4 Å². The van der Waals surface area contributed by atoms with Crippen molar-refractivity contribution < 1.29 is 0 Å². The van der Waals surface area contributed by atoms with E-state index in [0.29, 0.717) is 0 Å². The molecule has 0 aromatic heterocycles. The number of allylic oxidation sites excluding steroid dienone is 22. The average Bonchev–Trinajstić information content (AvgIpc) is 3.58. The van der Waals surface area contributed by atoms with E-state index in [1.54, 1.807) is 0 Å². The quantitative estimate of drug-likeness (QED) is 0.279. The molecule has 0 saturated heterocycles. The Bertz CT molecular complexity index is 1640. The van der Waals surface area contributed by atoms with Crippen LogP contribution in [0.4, 0.5) is 0 Å². The van der Waals surface area contributed by atoms with E-state index in [4.69, 9.17) is 0 Å². The molecule has 0 aromatic carbocycles. The summed E-state index contributed by atoms with van der Waals surface area (Å²) in [6.45, 7) is 18.7. The zero-order valence-electron chi connectivity index (χ0n) is 25.2. The van der Waals surface area contributed by atoms with Gasteiger partial charge in [0, 0.05) is 22.0 Å². The monoisotopic (exact) mass is 520 g/mol. The molecule has 200 valence electrons. The molecule has 0 spiro atoms. The van der Waals surface area contributed by atoms with Crippen molar-refractivity contribution >= 4 is 0 Å². The summed E-state index contributed by atoms with van der Waals surface area (Å²) in [5, 5.41) is 0. The van der Waals surface area contributed by atoms with Crippen molar-refractivity contribution in [3.63, 3.8) is 0 Å². The molecular weight excluding hydrogens is 480 g/mol. The lowest BCUT2D eigenvalue weighted by Crippen LogP contribution is -2.49. The van der Waals surface area contributed by atoms with Crippen LogP contribution in [0, 0.1) is 57.2 Å². The van der Waals surface area contributed by atoms with Gasteiger partial charge in [-0.2, -0.15) is 0 Å². The molecule has 0 heteroatoms. The molecule has 0 bridgehead atoms. The van der Waals surface area contributed by atoms with Crippen LogP contribution in [0.25, 0.3) is 0 Å². The number of rotatable bonds is 0. The summed E-state index contributed by atoms with van der Waals surface area (Å²) in [6.07, 6.45) is 31.6. The van der Waals surface area contributed by atoms with Crippen molar-refractivity contribution in [1.29, 1.82) is 0 Å². The van der Waals surface area contributed by atoms with E-state index in [9.17, 15) is 0 Å². The Labute approximate surface area is 241 Å². The molecule has 0 saturated carbocycles. The summed E-state index contributed by atoms with van der Waals surface area (Å²) >= 11 is 0. The molecule has 2 atom stereocenters. The van der Waals surface area contributed by atoms with Crippen LogP contribution in [0.1, 0.15) is 55.4 Å². The second-order valence-electron chi connectivity index (χ2n) is 14.2. The van der Waals surface area contributed by atoms with E-state index in [1.807, 2.05) is 0 Å². The summed E-state index contributed by atoms with van der Waals surface area (Å²) < 4.78 is 0. The molecule has 6 aliphatic carbocycles. The molecule has 0 amide bonds.